The maximum Gasteiger partial charge on any atom is 0.226 e. The molecule has 0 radical (unpaired) electrons. The molecule has 0 aliphatic carbocycles. The highest BCUT2D eigenvalue weighted by atomic mass is 16.3. The number of benzene rings is 1. The van der Waals surface area contributed by atoms with Crippen LogP contribution in [0, 0.1) is 6.92 Å². The van der Waals surface area contributed by atoms with E-state index in [1.807, 2.05) is 0 Å². The fraction of sp³-hybridized carbons (Fsp3) is 0.471. The Morgan fingerprint density at radius 3 is 2.67 bits per heavy atom. The highest BCUT2D eigenvalue weighted by molar-refractivity contribution is 5.53. The van der Waals surface area contributed by atoms with Crippen LogP contribution >= 0.6 is 0 Å². The molecule has 21 heavy (non-hydrogen) atoms. The number of aryl methyl sites for hydroxylation is 1. The number of aromatic nitrogens is 1. The smallest absolute Gasteiger partial charge is 0.226 e. The number of nitrogens with one attached hydrogen (secondary N) is 1. The van der Waals surface area contributed by atoms with Gasteiger partial charge >= 0.3 is 0 Å². The van der Waals surface area contributed by atoms with E-state index in [1.165, 1.54) is 12.0 Å². The van der Waals surface area contributed by atoms with Gasteiger partial charge in [0.1, 0.15) is 6.26 Å². The minimum atomic E-state index is 0.643. The zero-order valence-electron chi connectivity index (χ0n) is 12.8. The van der Waals surface area contributed by atoms with E-state index in [9.17, 15) is 0 Å². The second kappa shape index (κ2) is 6.41. The van der Waals surface area contributed by atoms with E-state index in [0.29, 0.717) is 11.9 Å². The van der Waals surface area contributed by atoms with Crippen LogP contribution < -0.4 is 5.32 Å². The van der Waals surface area contributed by atoms with Crippen LogP contribution in [0.2, 0.25) is 0 Å². The van der Waals surface area contributed by atoms with Gasteiger partial charge in [-0.1, -0.05) is 24.6 Å². The van der Waals surface area contributed by atoms with Gasteiger partial charge in [-0.05, 0) is 32.0 Å². The predicted molar refractivity (Wildman–Crippen MR) is 84.0 cm³/mol. The summed E-state index contributed by atoms with van der Waals surface area (Å²) in [4.78, 5) is 7.14. The zero-order valence-corrected chi connectivity index (χ0v) is 12.8. The van der Waals surface area contributed by atoms with E-state index in [2.05, 4.69) is 53.3 Å². The first-order valence-electron chi connectivity index (χ1n) is 7.72. The molecule has 3 rings (SSSR count). The van der Waals surface area contributed by atoms with E-state index in [1.54, 1.807) is 6.26 Å². The first kappa shape index (κ1) is 14.3. The molecule has 4 heteroatoms. The van der Waals surface area contributed by atoms with Crippen molar-refractivity contribution in [1.82, 2.24) is 15.2 Å². The lowest BCUT2D eigenvalue weighted by molar-refractivity contribution is 0.136. The van der Waals surface area contributed by atoms with Crippen molar-refractivity contribution in [2.24, 2.45) is 0 Å². The van der Waals surface area contributed by atoms with Gasteiger partial charge in [-0.2, -0.15) is 0 Å². The van der Waals surface area contributed by atoms with Crippen molar-refractivity contribution in [2.75, 3.05) is 19.6 Å². The Morgan fingerprint density at radius 2 is 2.05 bits per heavy atom. The normalized spacial score (nSPS) is 15.4. The van der Waals surface area contributed by atoms with E-state index in [4.69, 9.17) is 4.42 Å². The van der Waals surface area contributed by atoms with Crippen molar-refractivity contribution in [3.8, 4) is 11.5 Å². The van der Waals surface area contributed by atoms with Crippen LogP contribution in [-0.4, -0.2) is 35.6 Å². The molecule has 2 aromatic rings. The van der Waals surface area contributed by atoms with Crippen molar-refractivity contribution in [3.05, 3.63) is 41.8 Å². The lowest BCUT2D eigenvalue weighted by Gasteiger charge is -2.37. The molecule has 4 nitrogen and oxygen atoms in total. The second-order valence-electron chi connectivity index (χ2n) is 5.79. The Bertz CT molecular complexity index is 572. The summed E-state index contributed by atoms with van der Waals surface area (Å²) >= 11 is 0. The van der Waals surface area contributed by atoms with Gasteiger partial charge in [0.25, 0.3) is 0 Å². The summed E-state index contributed by atoms with van der Waals surface area (Å²) in [6.45, 7) is 8.46. The Morgan fingerprint density at radius 1 is 1.29 bits per heavy atom. The largest absolute Gasteiger partial charge is 0.444 e. The second-order valence-corrected chi connectivity index (χ2v) is 5.79. The summed E-state index contributed by atoms with van der Waals surface area (Å²) in [7, 11) is 0. The van der Waals surface area contributed by atoms with Crippen LogP contribution in [0.25, 0.3) is 11.5 Å². The van der Waals surface area contributed by atoms with E-state index < -0.39 is 0 Å². The lowest BCUT2D eigenvalue weighted by atomic mass is 10.1. The maximum absolute atomic E-state index is 5.65. The molecule has 0 atom stereocenters. The third kappa shape index (κ3) is 3.34. The fourth-order valence-electron chi connectivity index (χ4n) is 2.63. The predicted octanol–water partition coefficient (Wildman–Crippen LogP) is 2.83. The van der Waals surface area contributed by atoms with Gasteiger partial charge in [-0.3, -0.25) is 4.90 Å². The van der Waals surface area contributed by atoms with Crippen LogP contribution in [0.4, 0.5) is 0 Å². The minimum absolute atomic E-state index is 0.643. The maximum atomic E-state index is 5.65. The molecule has 0 unspecified atom stereocenters. The summed E-state index contributed by atoms with van der Waals surface area (Å²) in [5.41, 5.74) is 3.31. The number of rotatable bonds is 6. The summed E-state index contributed by atoms with van der Waals surface area (Å²) in [5, 5.41) is 3.34. The number of hydrogen-bond donors (Lipinski definition) is 1. The third-order valence-corrected chi connectivity index (χ3v) is 4.00. The quantitative estimate of drug-likeness (QED) is 0.886. The molecule has 2 heterocycles. The van der Waals surface area contributed by atoms with Gasteiger partial charge in [0.2, 0.25) is 5.89 Å². The third-order valence-electron chi connectivity index (χ3n) is 4.00. The van der Waals surface area contributed by atoms with Gasteiger partial charge in [-0.15, -0.1) is 0 Å². The molecular weight excluding hydrogens is 262 g/mol. The van der Waals surface area contributed by atoms with Crippen molar-refractivity contribution in [1.29, 1.82) is 0 Å². The highest BCUT2D eigenvalue weighted by Gasteiger charge is 2.24. The lowest BCUT2D eigenvalue weighted by Crippen LogP contribution is -2.57. The van der Waals surface area contributed by atoms with E-state index in [0.717, 1.165) is 37.4 Å². The Kier molecular flexibility index (Phi) is 4.36. The van der Waals surface area contributed by atoms with Gasteiger partial charge in [0.05, 0.1) is 5.69 Å². The summed E-state index contributed by atoms with van der Waals surface area (Å²) in [6, 6.07) is 8.94. The zero-order chi connectivity index (χ0) is 14.7. The number of nitrogens with zero attached hydrogens (tertiary/aromatic N) is 2. The summed E-state index contributed by atoms with van der Waals surface area (Å²) in [6.07, 6.45) is 2.96. The van der Waals surface area contributed by atoms with Crippen LogP contribution in [0.15, 0.2) is 34.9 Å². The molecule has 0 spiro atoms. The van der Waals surface area contributed by atoms with Crippen LogP contribution in [-0.2, 0) is 6.54 Å². The standard InChI is InChI=1S/C17H23N3O/c1-3-8-20(16-9-18-10-16)11-15-12-21-17(19-15)14-6-4-13(2)5-7-14/h4-7,12,16,18H,3,8-11H2,1-2H3. The molecule has 1 aliphatic heterocycles. The molecule has 1 saturated heterocycles. The number of hydrogen-bond acceptors (Lipinski definition) is 4. The van der Waals surface area contributed by atoms with Crippen molar-refractivity contribution < 1.29 is 4.42 Å². The molecule has 0 bridgehead atoms. The average molecular weight is 285 g/mol. The topological polar surface area (TPSA) is 41.3 Å². The van der Waals surface area contributed by atoms with E-state index >= 15 is 0 Å². The van der Waals surface area contributed by atoms with Gasteiger partial charge in [0, 0.05) is 31.2 Å². The Balaban J connectivity index is 1.70. The Labute approximate surface area is 126 Å². The summed E-state index contributed by atoms with van der Waals surface area (Å²) < 4.78 is 5.65. The van der Waals surface area contributed by atoms with Crippen molar-refractivity contribution in [2.45, 2.75) is 32.9 Å². The Hall–Kier alpha value is -1.65. The molecule has 0 amide bonds. The first-order chi connectivity index (χ1) is 10.3. The van der Waals surface area contributed by atoms with Gasteiger partial charge in [0.15, 0.2) is 0 Å². The van der Waals surface area contributed by atoms with Crippen LogP contribution in [0.1, 0.15) is 24.6 Å². The molecule has 1 aromatic heterocycles. The van der Waals surface area contributed by atoms with Crippen LogP contribution in [0.3, 0.4) is 0 Å². The molecule has 0 saturated carbocycles. The summed E-state index contributed by atoms with van der Waals surface area (Å²) in [5.74, 6) is 0.716. The van der Waals surface area contributed by atoms with Crippen molar-refractivity contribution in [3.63, 3.8) is 0 Å². The van der Waals surface area contributed by atoms with Gasteiger partial charge in [-0.25, -0.2) is 4.98 Å². The average Bonchev–Trinajstić information content (AvgIpc) is 2.86. The van der Waals surface area contributed by atoms with Crippen molar-refractivity contribution >= 4 is 0 Å². The van der Waals surface area contributed by atoms with Crippen LogP contribution in [0.5, 0.6) is 0 Å². The monoisotopic (exact) mass is 285 g/mol. The van der Waals surface area contributed by atoms with E-state index in [-0.39, 0.29) is 0 Å². The molecule has 1 aromatic carbocycles. The molecule has 1 fully saturated rings. The highest BCUT2D eigenvalue weighted by Crippen LogP contribution is 2.20. The number of oxazole rings is 1. The minimum Gasteiger partial charge on any atom is -0.444 e. The fourth-order valence-corrected chi connectivity index (χ4v) is 2.63. The van der Waals surface area contributed by atoms with Gasteiger partial charge < -0.3 is 9.73 Å². The first-order valence-corrected chi connectivity index (χ1v) is 7.72. The molecule has 1 aliphatic rings. The molecular formula is C17H23N3O. The SMILES string of the molecule is CCCN(Cc1coc(-c2ccc(C)cc2)n1)C1CNC1. The molecule has 1 N–H and O–H groups in total. The molecule has 112 valence electrons.